The van der Waals surface area contributed by atoms with Gasteiger partial charge in [-0.1, -0.05) is 13.8 Å². The molecule has 0 aromatic rings. The first kappa shape index (κ1) is 14.9. The minimum Gasteiger partial charge on any atom is -0.392 e. The molecule has 2 N–H and O–H groups in total. The maximum absolute atomic E-state index is 9.46. The third-order valence-electron chi connectivity index (χ3n) is 2.56. The summed E-state index contributed by atoms with van der Waals surface area (Å²) in [6.07, 6.45) is 0.858. The summed E-state index contributed by atoms with van der Waals surface area (Å²) in [5.41, 5.74) is 0. The van der Waals surface area contributed by atoms with E-state index in [1.165, 1.54) is 0 Å². The van der Waals surface area contributed by atoms with Crippen LogP contribution >= 0.6 is 0 Å². The second-order valence-electron chi connectivity index (χ2n) is 5.28. The molecule has 0 aromatic carbocycles. The summed E-state index contributed by atoms with van der Waals surface area (Å²) < 4.78 is 0. The molecule has 0 amide bonds. The van der Waals surface area contributed by atoms with Gasteiger partial charge in [-0.25, -0.2) is 0 Å². The van der Waals surface area contributed by atoms with E-state index in [9.17, 15) is 5.11 Å². The molecule has 3 heteroatoms. The van der Waals surface area contributed by atoms with Crippen molar-refractivity contribution in [2.75, 3.05) is 20.6 Å². The summed E-state index contributed by atoms with van der Waals surface area (Å²) in [6.45, 7) is 9.36. The molecule has 0 aromatic heterocycles. The summed E-state index contributed by atoms with van der Waals surface area (Å²) >= 11 is 0. The summed E-state index contributed by atoms with van der Waals surface area (Å²) in [5, 5.41) is 12.9. The minimum atomic E-state index is -0.290. The van der Waals surface area contributed by atoms with Crippen LogP contribution in [0.15, 0.2) is 0 Å². The molecule has 3 nitrogen and oxygen atoms in total. The van der Waals surface area contributed by atoms with Crippen LogP contribution in [0.4, 0.5) is 0 Å². The van der Waals surface area contributed by atoms with Gasteiger partial charge in [0, 0.05) is 18.6 Å². The van der Waals surface area contributed by atoms with Crippen molar-refractivity contribution in [3.05, 3.63) is 0 Å². The summed E-state index contributed by atoms with van der Waals surface area (Å²) in [5.74, 6) is 0.684. The Bertz CT molecular complexity index is 148. The van der Waals surface area contributed by atoms with E-state index in [4.69, 9.17) is 0 Å². The zero-order chi connectivity index (χ0) is 12.0. The fourth-order valence-electron chi connectivity index (χ4n) is 1.72. The van der Waals surface area contributed by atoms with Crippen LogP contribution in [0.1, 0.15) is 34.1 Å². The van der Waals surface area contributed by atoms with Crippen molar-refractivity contribution in [1.82, 2.24) is 10.2 Å². The van der Waals surface area contributed by atoms with Gasteiger partial charge < -0.3 is 15.3 Å². The first-order valence-electron chi connectivity index (χ1n) is 5.91. The smallest absolute Gasteiger partial charge is 0.0662 e. The minimum absolute atomic E-state index is 0.161. The fraction of sp³-hybridized carbons (Fsp3) is 1.00. The van der Waals surface area contributed by atoms with Gasteiger partial charge in [0.1, 0.15) is 0 Å². The van der Waals surface area contributed by atoms with Crippen LogP contribution in [0, 0.1) is 5.92 Å². The molecule has 0 saturated carbocycles. The summed E-state index contributed by atoms with van der Waals surface area (Å²) in [7, 11) is 4.17. The Kier molecular flexibility index (Phi) is 7.14. The largest absolute Gasteiger partial charge is 0.392 e. The van der Waals surface area contributed by atoms with E-state index in [0.29, 0.717) is 12.0 Å². The Hall–Kier alpha value is -0.120. The Morgan fingerprint density at radius 1 is 1.13 bits per heavy atom. The van der Waals surface area contributed by atoms with E-state index in [1.54, 1.807) is 0 Å². The van der Waals surface area contributed by atoms with Crippen molar-refractivity contribution in [3.63, 3.8) is 0 Å². The zero-order valence-corrected chi connectivity index (χ0v) is 11.1. The lowest BCUT2D eigenvalue weighted by Crippen LogP contribution is -2.47. The van der Waals surface area contributed by atoms with Crippen LogP contribution in [0.25, 0.3) is 0 Å². The Morgan fingerprint density at radius 3 is 2.00 bits per heavy atom. The standard InChI is InChI=1S/C12H28N2O/c1-9(2)7-12(8-14(5)6)13-10(3)11(4)15/h9-13,15H,7-8H2,1-6H3. The monoisotopic (exact) mass is 216 g/mol. The van der Waals surface area contributed by atoms with E-state index in [1.807, 2.05) is 13.8 Å². The van der Waals surface area contributed by atoms with Gasteiger partial charge in [0.2, 0.25) is 0 Å². The van der Waals surface area contributed by atoms with E-state index < -0.39 is 0 Å². The third-order valence-corrected chi connectivity index (χ3v) is 2.56. The van der Waals surface area contributed by atoms with Gasteiger partial charge in [0.05, 0.1) is 6.10 Å². The number of hydrogen-bond donors (Lipinski definition) is 2. The summed E-state index contributed by atoms with van der Waals surface area (Å²) in [6, 6.07) is 0.623. The van der Waals surface area contributed by atoms with Crippen molar-refractivity contribution < 1.29 is 5.11 Å². The third kappa shape index (κ3) is 7.77. The Balaban J connectivity index is 4.11. The molecule has 0 aliphatic rings. The molecule has 0 radical (unpaired) electrons. The van der Waals surface area contributed by atoms with Crippen molar-refractivity contribution in [2.24, 2.45) is 5.92 Å². The highest BCUT2D eigenvalue weighted by atomic mass is 16.3. The van der Waals surface area contributed by atoms with Gasteiger partial charge >= 0.3 is 0 Å². The number of likely N-dealkylation sites (N-methyl/N-ethyl adjacent to an activating group) is 1. The molecular formula is C12H28N2O. The molecule has 0 spiro atoms. The van der Waals surface area contributed by atoms with E-state index in [2.05, 4.69) is 38.2 Å². The number of aliphatic hydroxyl groups excluding tert-OH is 1. The van der Waals surface area contributed by atoms with Gasteiger partial charge in [-0.05, 0) is 40.3 Å². The number of rotatable bonds is 7. The molecule has 15 heavy (non-hydrogen) atoms. The van der Waals surface area contributed by atoms with Gasteiger partial charge in [-0.2, -0.15) is 0 Å². The maximum atomic E-state index is 9.46. The summed E-state index contributed by atoms with van der Waals surface area (Å²) in [4.78, 5) is 2.19. The van der Waals surface area contributed by atoms with Crippen LogP contribution in [0.5, 0.6) is 0 Å². The number of nitrogens with one attached hydrogen (secondary N) is 1. The lowest BCUT2D eigenvalue weighted by molar-refractivity contribution is 0.138. The molecule has 0 aliphatic heterocycles. The van der Waals surface area contributed by atoms with Gasteiger partial charge in [0.15, 0.2) is 0 Å². The van der Waals surface area contributed by atoms with Crippen LogP contribution in [0.2, 0.25) is 0 Å². The highest BCUT2D eigenvalue weighted by Gasteiger charge is 2.16. The van der Waals surface area contributed by atoms with Crippen LogP contribution in [-0.2, 0) is 0 Å². The molecule has 0 saturated heterocycles. The molecule has 0 rings (SSSR count). The highest BCUT2D eigenvalue weighted by Crippen LogP contribution is 2.07. The molecule has 0 fully saturated rings. The lowest BCUT2D eigenvalue weighted by atomic mass is 10.0. The fourth-order valence-corrected chi connectivity index (χ4v) is 1.72. The number of nitrogens with zero attached hydrogens (tertiary/aromatic N) is 1. The average molecular weight is 216 g/mol. The molecule has 0 bridgehead atoms. The van der Waals surface area contributed by atoms with Crippen molar-refractivity contribution >= 4 is 0 Å². The quantitative estimate of drug-likeness (QED) is 0.674. The number of hydrogen-bond acceptors (Lipinski definition) is 3. The zero-order valence-electron chi connectivity index (χ0n) is 11.1. The topological polar surface area (TPSA) is 35.5 Å². The highest BCUT2D eigenvalue weighted by molar-refractivity contribution is 4.77. The van der Waals surface area contributed by atoms with Gasteiger partial charge in [-0.3, -0.25) is 0 Å². The molecule has 3 unspecified atom stereocenters. The average Bonchev–Trinajstić information content (AvgIpc) is 2.00. The molecular weight excluding hydrogens is 188 g/mol. The Morgan fingerprint density at radius 2 is 1.67 bits per heavy atom. The maximum Gasteiger partial charge on any atom is 0.0662 e. The van der Waals surface area contributed by atoms with Crippen LogP contribution in [-0.4, -0.2) is 48.8 Å². The molecule has 92 valence electrons. The lowest BCUT2D eigenvalue weighted by Gasteiger charge is -2.28. The number of aliphatic hydroxyl groups is 1. The molecule has 0 aliphatic carbocycles. The predicted octanol–water partition coefficient (Wildman–Crippen LogP) is 1.32. The Labute approximate surface area is 94.9 Å². The SMILES string of the molecule is CC(C)CC(CN(C)C)NC(C)C(C)O. The predicted molar refractivity (Wildman–Crippen MR) is 66.1 cm³/mol. The first-order valence-corrected chi connectivity index (χ1v) is 5.91. The van der Waals surface area contributed by atoms with E-state index in [0.717, 1.165) is 13.0 Å². The molecule has 3 atom stereocenters. The second kappa shape index (κ2) is 7.20. The van der Waals surface area contributed by atoms with Crippen molar-refractivity contribution in [2.45, 2.75) is 52.3 Å². The van der Waals surface area contributed by atoms with Gasteiger partial charge in [0.25, 0.3) is 0 Å². The van der Waals surface area contributed by atoms with E-state index in [-0.39, 0.29) is 12.1 Å². The van der Waals surface area contributed by atoms with Crippen molar-refractivity contribution in [1.29, 1.82) is 0 Å². The van der Waals surface area contributed by atoms with Crippen LogP contribution < -0.4 is 5.32 Å². The second-order valence-corrected chi connectivity index (χ2v) is 5.28. The van der Waals surface area contributed by atoms with Gasteiger partial charge in [-0.15, -0.1) is 0 Å². The van der Waals surface area contributed by atoms with Crippen molar-refractivity contribution in [3.8, 4) is 0 Å². The van der Waals surface area contributed by atoms with E-state index >= 15 is 0 Å². The van der Waals surface area contributed by atoms with Crippen LogP contribution in [0.3, 0.4) is 0 Å². The first-order chi connectivity index (χ1) is 6.82. The molecule has 0 heterocycles. The normalized spacial score (nSPS) is 18.2.